The number of nitrogens with two attached hydrogens (primary N) is 2. The molecular formula is C17H23N3O3. The van der Waals surface area contributed by atoms with Crippen LogP contribution in [-0.4, -0.2) is 25.7 Å². The first-order chi connectivity index (χ1) is 11.0. The lowest BCUT2D eigenvalue weighted by Crippen LogP contribution is -2.40. The Morgan fingerprint density at radius 2 is 1.91 bits per heavy atom. The third-order valence-corrected chi connectivity index (χ3v) is 4.06. The van der Waals surface area contributed by atoms with Crippen molar-refractivity contribution >= 4 is 5.91 Å². The highest BCUT2D eigenvalue weighted by Crippen LogP contribution is 2.32. The molecule has 0 saturated heterocycles. The third-order valence-electron chi connectivity index (χ3n) is 4.06. The quantitative estimate of drug-likeness (QED) is 0.338. The number of hydrazine groups is 1. The van der Waals surface area contributed by atoms with Crippen LogP contribution < -0.4 is 26.5 Å². The van der Waals surface area contributed by atoms with Gasteiger partial charge in [0.2, 0.25) is 0 Å². The standard InChI is InChI=1S/C17H23N3O3/c1-22-14-11-13(16(21)20-19)10-12(15(14)23-2)6-9-17(18)7-4-3-5-8-17/h10-11H,3-5,7-8,18-19H2,1-2H3,(H,20,21). The van der Waals surface area contributed by atoms with Crippen LogP contribution in [0.15, 0.2) is 12.1 Å². The number of carbonyl (C=O) groups excluding carboxylic acids is 1. The molecule has 23 heavy (non-hydrogen) atoms. The minimum atomic E-state index is -0.484. The van der Waals surface area contributed by atoms with Gasteiger partial charge in [0.25, 0.3) is 5.91 Å². The number of hydrogen-bond donors (Lipinski definition) is 3. The average molecular weight is 317 g/mol. The lowest BCUT2D eigenvalue weighted by atomic mass is 9.83. The number of carbonyl (C=O) groups is 1. The van der Waals surface area contributed by atoms with Crippen LogP contribution in [0.2, 0.25) is 0 Å². The van der Waals surface area contributed by atoms with E-state index in [0.717, 1.165) is 25.7 Å². The number of ether oxygens (including phenoxy) is 2. The highest BCUT2D eigenvalue weighted by Gasteiger charge is 2.25. The van der Waals surface area contributed by atoms with Crippen LogP contribution in [0, 0.1) is 11.8 Å². The van der Waals surface area contributed by atoms with Crippen molar-refractivity contribution in [1.82, 2.24) is 5.43 Å². The number of benzene rings is 1. The monoisotopic (exact) mass is 317 g/mol. The molecule has 1 fully saturated rings. The molecule has 1 aliphatic rings. The van der Waals surface area contributed by atoms with Crippen LogP contribution in [-0.2, 0) is 0 Å². The van der Waals surface area contributed by atoms with Crippen LogP contribution in [0.3, 0.4) is 0 Å². The van der Waals surface area contributed by atoms with E-state index in [9.17, 15) is 4.79 Å². The van der Waals surface area contributed by atoms with E-state index in [-0.39, 0.29) is 0 Å². The van der Waals surface area contributed by atoms with Gasteiger partial charge in [-0.2, -0.15) is 0 Å². The molecule has 1 aromatic carbocycles. The van der Waals surface area contributed by atoms with Gasteiger partial charge in [0, 0.05) is 5.56 Å². The van der Waals surface area contributed by atoms with Crippen LogP contribution in [0.1, 0.15) is 48.0 Å². The summed E-state index contributed by atoms with van der Waals surface area (Å²) in [5.74, 6) is 11.9. The zero-order chi connectivity index (χ0) is 16.9. The fraction of sp³-hybridized carbons (Fsp3) is 0.471. The summed E-state index contributed by atoms with van der Waals surface area (Å²) in [7, 11) is 3.04. The van der Waals surface area contributed by atoms with Gasteiger partial charge in [0.1, 0.15) is 0 Å². The first-order valence-corrected chi connectivity index (χ1v) is 7.62. The number of hydrogen-bond acceptors (Lipinski definition) is 5. The molecule has 124 valence electrons. The molecule has 0 atom stereocenters. The van der Waals surface area contributed by atoms with Gasteiger partial charge < -0.3 is 15.2 Å². The highest BCUT2D eigenvalue weighted by atomic mass is 16.5. The molecule has 0 radical (unpaired) electrons. The average Bonchev–Trinajstić information content (AvgIpc) is 2.58. The molecule has 6 heteroatoms. The molecule has 1 aromatic rings. The molecule has 1 aliphatic carbocycles. The van der Waals surface area contributed by atoms with Gasteiger partial charge in [-0.3, -0.25) is 10.2 Å². The van der Waals surface area contributed by atoms with Crippen molar-refractivity contribution in [2.24, 2.45) is 11.6 Å². The first kappa shape index (κ1) is 17.1. The van der Waals surface area contributed by atoms with Gasteiger partial charge in [0.15, 0.2) is 11.5 Å². The molecule has 2 rings (SSSR count). The van der Waals surface area contributed by atoms with Gasteiger partial charge in [-0.15, -0.1) is 0 Å². The second-order valence-corrected chi connectivity index (χ2v) is 5.70. The summed E-state index contributed by atoms with van der Waals surface area (Å²) in [5, 5.41) is 0. The maximum Gasteiger partial charge on any atom is 0.265 e. The Morgan fingerprint density at radius 3 is 2.48 bits per heavy atom. The molecule has 0 spiro atoms. The van der Waals surface area contributed by atoms with Crippen molar-refractivity contribution in [2.75, 3.05) is 14.2 Å². The van der Waals surface area contributed by atoms with E-state index in [0.29, 0.717) is 22.6 Å². The second kappa shape index (κ2) is 7.36. The topological polar surface area (TPSA) is 99.6 Å². The minimum absolute atomic E-state index is 0.351. The predicted octanol–water partition coefficient (Wildman–Crippen LogP) is 1.32. The van der Waals surface area contributed by atoms with Crippen molar-refractivity contribution in [3.8, 4) is 23.3 Å². The number of amides is 1. The van der Waals surface area contributed by atoms with Crippen LogP contribution in [0.4, 0.5) is 0 Å². The van der Waals surface area contributed by atoms with Crippen molar-refractivity contribution < 1.29 is 14.3 Å². The fourth-order valence-corrected chi connectivity index (χ4v) is 2.77. The Morgan fingerprint density at radius 1 is 1.22 bits per heavy atom. The summed E-state index contributed by atoms with van der Waals surface area (Å²) in [4.78, 5) is 11.8. The predicted molar refractivity (Wildman–Crippen MR) is 88.1 cm³/mol. The van der Waals surface area contributed by atoms with Gasteiger partial charge in [-0.25, -0.2) is 5.84 Å². The Balaban J connectivity index is 2.45. The van der Waals surface area contributed by atoms with Crippen molar-refractivity contribution in [3.05, 3.63) is 23.3 Å². The zero-order valence-electron chi connectivity index (χ0n) is 13.6. The Bertz CT molecular complexity index is 640. The van der Waals surface area contributed by atoms with E-state index in [1.807, 2.05) is 0 Å². The summed E-state index contributed by atoms with van der Waals surface area (Å²) in [6, 6.07) is 3.19. The number of methoxy groups -OCH3 is 2. The molecule has 0 aliphatic heterocycles. The normalized spacial score (nSPS) is 16.0. The summed E-state index contributed by atoms with van der Waals surface area (Å²) in [6.07, 6.45) is 5.12. The lowest BCUT2D eigenvalue weighted by Gasteiger charge is -2.27. The smallest absolute Gasteiger partial charge is 0.265 e. The van der Waals surface area contributed by atoms with Gasteiger partial charge in [-0.1, -0.05) is 31.1 Å². The molecule has 6 nitrogen and oxygen atoms in total. The van der Waals surface area contributed by atoms with E-state index in [1.165, 1.54) is 20.6 Å². The summed E-state index contributed by atoms with van der Waals surface area (Å²) in [5.41, 5.74) is 8.87. The molecular weight excluding hydrogens is 294 g/mol. The molecule has 0 bridgehead atoms. The van der Waals surface area contributed by atoms with Gasteiger partial charge >= 0.3 is 0 Å². The van der Waals surface area contributed by atoms with E-state index in [4.69, 9.17) is 21.1 Å². The van der Waals surface area contributed by atoms with E-state index in [2.05, 4.69) is 17.3 Å². The number of nitrogens with one attached hydrogen (secondary N) is 1. The van der Waals surface area contributed by atoms with Crippen molar-refractivity contribution in [1.29, 1.82) is 0 Å². The SMILES string of the molecule is COc1cc(C(=O)NN)cc(C#CC2(N)CCCCC2)c1OC. The summed E-state index contributed by atoms with van der Waals surface area (Å²) < 4.78 is 10.7. The first-order valence-electron chi connectivity index (χ1n) is 7.62. The fourth-order valence-electron chi connectivity index (χ4n) is 2.77. The third kappa shape index (κ3) is 3.95. The minimum Gasteiger partial charge on any atom is -0.493 e. The largest absolute Gasteiger partial charge is 0.493 e. The van der Waals surface area contributed by atoms with Crippen molar-refractivity contribution in [3.63, 3.8) is 0 Å². The molecule has 0 aromatic heterocycles. The molecule has 5 N–H and O–H groups in total. The Hall–Kier alpha value is -2.23. The van der Waals surface area contributed by atoms with E-state index >= 15 is 0 Å². The molecule has 1 amide bonds. The molecule has 0 heterocycles. The van der Waals surface area contributed by atoms with E-state index in [1.54, 1.807) is 12.1 Å². The summed E-state index contributed by atoms with van der Waals surface area (Å²) >= 11 is 0. The maximum absolute atomic E-state index is 11.8. The maximum atomic E-state index is 11.8. The van der Waals surface area contributed by atoms with Crippen LogP contribution >= 0.6 is 0 Å². The Kier molecular flexibility index (Phi) is 5.48. The van der Waals surface area contributed by atoms with Crippen molar-refractivity contribution in [2.45, 2.75) is 37.6 Å². The highest BCUT2D eigenvalue weighted by molar-refractivity contribution is 5.95. The van der Waals surface area contributed by atoms with E-state index < -0.39 is 11.4 Å². The number of rotatable bonds is 3. The van der Waals surface area contributed by atoms with Gasteiger partial charge in [-0.05, 0) is 25.0 Å². The molecule has 0 unspecified atom stereocenters. The lowest BCUT2D eigenvalue weighted by molar-refractivity contribution is 0.0953. The van der Waals surface area contributed by atoms with Crippen LogP contribution in [0.25, 0.3) is 0 Å². The summed E-state index contributed by atoms with van der Waals surface area (Å²) in [6.45, 7) is 0. The van der Waals surface area contributed by atoms with Gasteiger partial charge in [0.05, 0.1) is 25.3 Å². The number of nitrogen functional groups attached to an aromatic ring is 1. The molecule has 1 saturated carbocycles. The van der Waals surface area contributed by atoms with Crippen LogP contribution in [0.5, 0.6) is 11.5 Å². The Labute approximate surface area is 136 Å². The second-order valence-electron chi connectivity index (χ2n) is 5.70. The zero-order valence-corrected chi connectivity index (χ0v) is 13.6.